The van der Waals surface area contributed by atoms with Crippen LogP contribution in [0.2, 0.25) is 0 Å². The monoisotopic (exact) mass is 401 g/mol. The first kappa shape index (κ1) is 9.01. The molecule has 0 fully saturated rings. The van der Waals surface area contributed by atoms with Crippen molar-refractivity contribution in [3.05, 3.63) is 24.7 Å². The molecule has 0 saturated heterocycles. The summed E-state index contributed by atoms with van der Waals surface area (Å²) < 4.78 is 3.64. The lowest BCUT2D eigenvalue weighted by Gasteiger charge is -2.01. The molecular formula is C8H5I2NS. The summed E-state index contributed by atoms with van der Waals surface area (Å²) in [5.74, 6) is 0. The van der Waals surface area contributed by atoms with Crippen molar-refractivity contribution < 1.29 is 0 Å². The fourth-order valence-corrected chi connectivity index (χ4v) is 4.27. The summed E-state index contributed by atoms with van der Waals surface area (Å²) in [6.07, 6.45) is 0. The van der Waals surface area contributed by atoms with E-state index in [9.17, 15) is 0 Å². The molecule has 1 aromatic heterocycles. The van der Waals surface area contributed by atoms with Gasteiger partial charge in [-0.05, 0) is 62.7 Å². The number of fused-ring (bicyclic) bond motifs is 1. The third kappa shape index (κ3) is 1.33. The molecule has 0 atom stereocenters. The number of hydrogen-bond acceptors (Lipinski definition) is 2. The average Bonchev–Trinajstić information content (AvgIpc) is 2.48. The third-order valence-corrected chi connectivity index (χ3v) is 4.41. The van der Waals surface area contributed by atoms with E-state index in [1.807, 2.05) is 0 Å². The maximum atomic E-state index is 5.93. The second-order valence-corrected chi connectivity index (χ2v) is 5.66. The zero-order valence-corrected chi connectivity index (χ0v) is 11.1. The molecule has 0 aliphatic carbocycles. The summed E-state index contributed by atoms with van der Waals surface area (Å²) in [6, 6.07) is 4.24. The van der Waals surface area contributed by atoms with E-state index in [1.54, 1.807) is 11.3 Å². The predicted octanol–water partition coefficient (Wildman–Crippen LogP) is 3.69. The van der Waals surface area contributed by atoms with Crippen LogP contribution >= 0.6 is 56.5 Å². The Balaban J connectivity index is 2.97. The van der Waals surface area contributed by atoms with E-state index in [0.717, 1.165) is 9.26 Å². The van der Waals surface area contributed by atoms with Crippen LogP contribution in [0.5, 0.6) is 0 Å². The van der Waals surface area contributed by atoms with Gasteiger partial charge in [-0.3, -0.25) is 0 Å². The van der Waals surface area contributed by atoms with Gasteiger partial charge in [0.05, 0.1) is 10.4 Å². The molecule has 1 nitrogen and oxygen atoms in total. The van der Waals surface area contributed by atoms with Crippen molar-refractivity contribution in [2.24, 2.45) is 0 Å². The molecule has 2 aromatic rings. The number of thiophene rings is 1. The number of benzene rings is 1. The molecule has 0 amide bonds. The van der Waals surface area contributed by atoms with Crippen molar-refractivity contribution in [2.75, 3.05) is 5.73 Å². The maximum absolute atomic E-state index is 5.93. The van der Waals surface area contributed by atoms with Crippen LogP contribution in [0.3, 0.4) is 0 Å². The van der Waals surface area contributed by atoms with Gasteiger partial charge in [0.1, 0.15) is 0 Å². The summed E-state index contributed by atoms with van der Waals surface area (Å²) in [6.45, 7) is 0. The van der Waals surface area contributed by atoms with Crippen LogP contribution in [-0.4, -0.2) is 0 Å². The molecule has 0 spiro atoms. The standard InChI is InChI=1S/C8H5I2NS/c9-5-3-6(10)7(11)8-4(5)1-2-12-8/h1-3H,11H2. The van der Waals surface area contributed by atoms with Crippen LogP contribution in [0.25, 0.3) is 10.1 Å². The molecule has 0 bridgehead atoms. The van der Waals surface area contributed by atoms with E-state index in [0.29, 0.717) is 0 Å². The first-order valence-corrected chi connectivity index (χ1v) is 6.34. The quantitative estimate of drug-likeness (QED) is 0.529. The summed E-state index contributed by atoms with van der Waals surface area (Å²) in [7, 11) is 0. The number of anilines is 1. The molecule has 12 heavy (non-hydrogen) atoms. The van der Waals surface area contributed by atoms with E-state index >= 15 is 0 Å². The van der Waals surface area contributed by atoms with E-state index in [4.69, 9.17) is 5.73 Å². The lowest BCUT2D eigenvalue weighted by atomic mass is 10.2. The average molecular weight is 401 g/mol. The summed E-state index contributed by atoms with van der Waals surface area (Å²) >= 11 is 6.32. The number of rotatable bonds is 0. The third-order valence-electron chi connectivity index (χ3n) is 1.68. The second kappa shape index (κ2) is 3.30. The van der Waals surface area contributed by atoms with Crippen molar-refractivity contribution in [3.8, 4) is 0 Å². The van der Waals surface area contributed by atoms with Gasteiger partial charge in [0.15, 0.2) is 0 Å². The summed E-state index contributed by atoms with van der Waals surface area (Å²) in [4.78, 5) is 0. The van der Waals surface area contributed by atoms with Gasteiger partial charge < -0.3 is 5.73 Å². The molecule has 0 saturated carbocycles. The lowest BCUT2D eigenvalue weighted by molar-refractivity contribution is 1.68. The summed E-state index contributed by atoms with van der Waals surface area (Å²) in [5.41, 5.74) is 6.85. The Kier molecular flexibility index (Phi) is 2.48. The van der Waals surface area contributed by atoms with Crippen molar-refractivity contribution in [1.29, 1.82) is 0 Å². The molecule has 4 heteroatoms. The van der Waals surface area contributed by atoms with Gasteiger partial charge in [0.25, 0.3) is 0 Å². The van der Waals surface area contributed by atoms with Crippen molar-refractivity contribution in [3.63, 3.8) is 0 Å². The minimum absolute atomic E-state index is 0.918. The Morgan fingerprint density at radius 1 is 1.25 bits per heavy atom. The Hall–Kier alpha value is 0.440. The van der Waals surface area contributed by atoms with Gasteiger partial charge in [-0.2, -0.15) is 0 Å². The van der Waals surface area contributed by atoms with Crippen LogP contribution in [0.15, 0.2) is 17.5 Å². The van der Waals surface area contributed by atoms with Gasteiger partial charge >= 0.3 is 0 Å². The smallest absolute Gasteiger partial charge is 0.0631 e. The van der Waals surface area contributed by atoms with E-state index in [1.165, 1.54) is 13.7 Å². The second-order valence-electron chi connectivity index (χ2n) is 2.42. The van der Waals surface area contributed by atoms with Crippen LogP contribution in [0.4, 0.5) is 5.69 Å². The Morgan fingerprint density at radius 3 is 2.75 bits per heavy atom. The highest BCUT2D eigenvalue weighted by Gasteiger charge is 2.06. The van der Waals surface area contributed by atoms with Crippen molar-refractivity contribution >= 4 is 72.3 Å². The summed E-state index contributed by atoms with van der Waals surface area (Å²) in [5, 5.41) is 3.36. The van der Waals surface area contributed by atoms with Crippen LogP contribution < -0.4 is 5.73 Å². The molecule has 1 aromatic carbocycles. The maximum Gasteiger partial charge on any atom is 0.0631 e. The van der Waals surface area contributed by atoms with Crippen molar-refractivity contribution in [1.82, 2.24) is 0 Å². The number of nitrogen functional groups attached to an aromatic ring is 1. The van der Waals surface area contributed by atoms with Crippen molar-refractivity contribution in [2.45, 2.75) is 0 Å². The Bertz CT molecular complexity index is 436. The highest BCUT2D eigenvalue weighted by atomic mass is 127. The molecule has 62 valence electrons. The van der Waals surface area contributed by atoms with Gasteiger partial charge in [-0.15, -0.1) is 11.3 Å². The topological polar surface area (TPSA) is 26.0 Å². The van der Waals surface area contributed by atoms with Gasteiger partial charge in [0, 0.05) is 12.5 Å². The molecule has 0 unspecified atom stereocenters. The van der Waals surface area contributed by atoms with E-state index in [2.05, 4.69) is 62.7 Å². The number of halogens is 2. The van der Waals surface area contributed by atoms with E-state index in [-0.39, 0.29) is 0 Å². The Labute approximate surface area is 102 Å². The first-order chi connectivity index (χ1) is 5.70. The van der Waals surface area contributed by atoms with Gasteiger partial charge in [-0.1, -0.05) is 0 Å². The Morgan fingerprint density at radius 2 is 2.00 bits per heavy atom. The minimum atomic E-state index is 0.918. The van der Waals surface area contributed by atoms with Crippen LogP contribution in [0, 0.1) is 7.14 Å². The highest BCUT2D eigenvalue weighted by molar-refractivity contribution is 14.1. The number of hydrogen-bond donors (Lipinski definition) is 1. The van der Waals surface area contributed by atoms with Crippen LogP contribution in [-0.2, 0) is 0 Å². The molecular weight excluding hydrogens is 396 g/mol. The lowest BCUT2D eigenvalue weighted by Crippen LogP contribution is -1.90. The predicted molar refractivity (Wildman–Crippen MR) is 71.7 cm³/mol. The molecule has 1 heterocycles. The molecule has 0 aliphatic heterocycles. The zero-order chi connectivity index (χ0) is 8.72. The normalized spacial score (nSPS) is 10.8. The highest BCUT2D eigenvalue weighted by Crippen LogP contribution is 2.33. The van der Waals surface area contributed by atoms with Gasteiger partial charge in [0.2, 0.25) is 0 Å². The largest absolute Gasteiger partial charge is 0.397 e. The minimum Gasteiger partial charge on any atom is -0.397 e. The first-order valence-electron chi connectivity index (χ1n) is 3.31. The fourth-order valence-electron chi connectivity index (χ4n) is 1.08. The molecule has 2 rings (SSSR count). The number of nitrogens with two attached hydrogens (primary N) is 1. The van der Waals surface area contributed by atoms with Gasteiger partial charge in [-0.25, -0.2) is 0 Å². The zero-order valence-electron chi connectivity index (χ0n) is 5.97. The fraction of sp³-hybridized carbons (Fsp3) is 0. The molecule has 0 radical (unpaired) electrons. The molecule has 0 aliphatic rings. The van der Waals surface area contributed by atoms with Crippen LogP contribution in [0.1, 0.15) is 0 Å². The SMILES string of the molecule is Nc1c(I)cc(I)c2ccsc12. The molecule has 2 N–H and O–H groups in total. The van der Waals surface area contributed by atoms with E-state index < -0.39 is 0 Å².